The summed E-state index contributed by atoms with van der Waals surface area (Å²) in [5.41, 5.74) is 2.89. The van der Waals surface area contributed by atoms with Crippen LogP contribution in [0.2, 0.25) is 0 Å². The van der Waals surface area contributed by atoms with Crippen molar-refractivity contribution in [2.45, 2.75) is 4.90 Å². The lowest BCUT2D eigenvalue weighted by molar-refractivity contribution is -0.114. The number of ether oxygens (including phenoxy) is 4. The second-order valence-corrected chi connectivity index (χ2v) is 12.3. The number of nitrogens with zero attached hydrogens (tertiary/aromatic N) is 1. The zero-order valence-electron chi connectivity index (χ0n) is 27.6. The van der Waals surface area contributed by atoms with E-state index in [1.54, 1.807) is 87.0 Å². The summed E-state index contributed by atoms with van der Waals surface area (Å²) in [5, 5.41) is 10.7. The Morgan fingerprint density at radius 1 is 0.780 bits per heavy atom. The number of methoxy groups -OCH3 is 4. The molecule has 0 radical (unpaired) electrons. The third-order valence-electron chi connectivity index (χ3n) is 7.15. The first-order valence-corrected chi connectivity index (χ1v) is 17.0. The highest BCUT2D eigenvalue weighted by Gasteiger charge is 2.18. The van der Waals surface area contributed by atoms with Crippen LogP contribution in [0.5, 0.6) is 23.0 Å². The van der Waals surface area contributed by atoms with E-state index >= 15 is 0 Å². The number of hydrogen-bond donors (Lipinski definition) is 3. The molecule has 3 amide bonds. The zero-order chi connectivity index (χ0) is 35.5. The van der Waals surface area contributed by atoms with Crippen LogP contribution in [0.25, 0.3) is 17.3 Å². The molecule has 13 heteroatoms. The maximum Gasteiger partial charge on any atom is 0.272 e. The van der Waals surface area contributed by atoms with Gasteiger partial charge < -0.3 is 34.9 Å². The Kier molecular flexibility index (Phi) is 12.1. The summed E-state index contributed by atoms with van der Waals surface area (Å²) in [5.74, 6) is 0.919. The summed E-state index contributed by atoms with van der Waals surface area (Å²) in [6.07, 6.45) is 1.52. The summed E-state index contributed by atoms with van der Waals surface area (Å²) in [7, 11) is 6.15. The van der Waals surface area contributed by atoms with Crippen molar-refractivity contribution in [1.29, 1.82) is 0 Å². The minimum absolute atomic E-state index is 0.0151. The monoisotopic (exact) mass is 710 g/mol. The third kappa shape index (κ3) is 9.01. The molecule has 0 aliphatic carbocycles. The molecule has 0 spiro atoms. The van der Waals surface area contributed by atoms with Crippen molar-refractivity contribution in [2.24, 2.45) is 0 Å². The number of aromatic nitrogens is 1. The van der Waals surface area contributed by atoms with E-state index < -0.39 is 11.8 Å². The highest BCUT2D eigenvalue weighted by Crippen LogP contribution is 2.34. The van der Waals surface area contributed by atoms with Crippen LogP contribution in [0.1, 0.15) is 15.9 Å². The van der Waals surface area contributed by atoms with Crippen molar-refractivity contribution in [2.75, 3.05) is 44.8 Å². The van der Waals surface area contributed by atoms with Gasteiger partial charge >= 0.3 is 0 Å². The van der Waals surface area contributed by atoms with Crippen LogP contribution < -0.4 is 34.9 Å². The Morgan fingerprint density at radius 3 is 2.28 bits per heavy atom. The van der Waals surface area contributed by atoms with Crippen molar-refractivity contribution in [3.05, 3.63) is 113 Å². The number of carbonyl (C=O) groups excluding carboxylic acids is 3. The van der Waals surface area contributed by atoms with Gasteiger partial charge in [-0.2, -0.15) is 0 Å². The van der Waals surface area contributed by atoms with Crippen LogP contribution in [0.4, 0.5) is 10.8 Å². The summed E-state index contributed by atoms with van der Waals surface area (Å²) < 4.78 is 21.6. The number of benzene rings is 4. The smallest absolute Gasteiger partial charge is 0.272 e. The average Bonchev–Trinajstić information content (AvgIpc) is 3.61. The van der Waals surface area contributed by atoms with E-state index in [1.807, 2.05) is 23.6 Å². The van der Waals surface area contributed by atoms with Crippen LogP contribution in [0, 0.1) is 0 Å². The van der Waals surface area contributed by atoms with Crippen LogP contribution in [-0.4, -0.2) is 56.9 Å². The Hall–Kier alpha value is -5.79. The van der Waals surface area contributed by atoms with Gasteiger partial charge in [0.25, 0.3) is 11.8 Å². The van der Waals surface area contributed by atoms with E-state index in [1.165, 1.54) is 43.4 Å². The molecule has 256 valence electrons. The van der Waals surface area contributed by atoms with Gasteiger partial charge in [-0.1, -0.05) is 36.4 Å². The van der Waals surface area contributed by atoms with Gasteiger partial charge in [0.05, 0.1) is 39.9 Å². The molecule has 0 fully saturated rings. The maximum absolute atomic E-state index is 13.6. The molecule has 0 aliphatic heterocycles. The first-order valence-electron chi connectivity index (χ1n) is 15.1. The average molecular weight is 711 g/mol. The molecule has 0 saturated carbocycles. The number of anilines is 2. The fraction of sp³-hybridized carbons (Fsp3) is 0.135. The fourth-order valence-corrected chi connectivity index (χ4v) is 6.24. The van der Waals surface area contributed by atoms with Crippen molar-refractivity contribution in [3.8, 4) is 34.3 Å². The number of thiazole rings is 1. The number of hydrogen-bond acceptors (Lipinski definition) is 10. The summed E-state index contributed by atoms with van der Waals surface area (Å²) in [6, 6.07) is 26.4. The Labute approximate surface area is 297 Å². The second-order valence-electron chi connectivity index (χ2n) is 10.4. The van der Waals surface area contributed by atoms with Crippen LogP contribution in [0.3, 0.4) is 0 Å². The molecule has 0 aliphatic rings. The minimum atomic E-state index is -0.562. The van der Waals surface area contributed by atoms with Gasteiger partial charge in [-0.25, -0.2) is 4.98 Å². The van der Waals surface area contributed by atoms with Crippen LogP contribution >= 0.6 is 23.1 Å². The SMILES string of the molecule is COc1ccc(-c2csc(NC(=O)CSc3cccc(NC(=O)/C(=C\c4cccc(OC)c4OC)NC(=O)c4ccccc4)c3)n2)cc1OC. The minimum Gasteiger partial charge on any atom is -0.493 e. The molecular formula is C37H34N4O7S2. The van der Waals surface area contributed by atoms with E-state index in [2.05, 4.69) is 20.9 Å². The van der Waals surface area contributed by atoms with E-state index in [0.717, 1.165) is 10.5 Å². The number of thioether (sulfide) groups is 1. The van der Waals surface area contributed by atoms with Gasteiger partial charge in [-0.3, -0.25) is 14.4 Å². The number of amides is 3. The van der Waals surface area contributed by atoms with E-state index in [9.17, 15) is 14.4 Å². The molecule has 50 heavy (non-hydrogen) atoms. The molecule has 1 aromatic heterocycles. The number of rotatable bonds is 14. The van der Waals surface area contributed by atoms with Gasteiger partial charge in [0.15, 0.2) is 28.1 Å². The molecule has 11 nitrogen and oxygen atoms in total. The first kappa shape index (κ1) is 35.5. The third-order valence-corrected chi connectivity index (χ3v) is 8.91. The first-order chi connectivity index (χ1) is 24.3. The predicted octanol–water partition coefficient (Wildman–Crippen LogP) is 6.98. The number of para-hydroxylation sites is 1. The normalized spacial score (nSPS) is 10.9. The lowest BCUT2D eigenvalue weighted by Crippen LogP contribution is -2.30. The van der Waals surface area contributed by atoms with E-state index in [-0.39, 0.29) is 17.4 Å². The Balaban J connectivity index is 1.26. The zero-order valence-corrected chi connectivity index (χ0v) is 29.3. The van der Waals surface area contributed by atoms with Crippen molar-refractivity contribution < 1.29 is 33.3 Å². The Bertz CT molecular complexity index is 2010. The number of carbonyl (C=O) groups is 3. The molecule has 1 heterocycles. The molecule has 0 atom stereocenters. The summed E-state index contributed by atoms with van der Waals surface area (Å²) >= 11 is 2.61. The van der Waals surface area contributed by atoms with Gasteiger partial charge in [-0.15, -0.1) is 23.1 Å². The lowest BCUT2D eigenvalue weighted by atomic mass is 10.1. The van der Waals surface area contributed by atoms with Crippen molar-refractivity contribution >= 4 is 57.7 Å². The highest BCUT2D eigenvalue weighted by atomic mass is 32.2. The second kappa shape index (κ2) is 17.0. The van der Waals surface area contributed by atoms with Crippen molar-refractivity contribution in [3.63, 3.8) is 0 Å². The van der Waals surface area contributed by atoms with Crippen molar-refractivity contribution in [1.82, 2.24) is 10.3 Å². The predicted molar refractivity (Wildman–Crippen MR) is 197 cm³/mol. The molecule has 0 unspecified atom stereocenters. The molecule has 4 aromatic carbocycles. The quantitative estimate of drug-likeness (QED) is 0.0823. The fourth-order valence-electron chi connectivity index (χ4n) is 4.75. The summed E-state index contributed by atoms with van der Waals surface area (Å²) in [4.78, 5) is 44.8. The molecule has 0 saturated heterocycles. The van der Waals surface area contributed by atoms with E-state index in [4.69, 9.17) is 18.9 Å². The van der Waals surface area contributed by atoms with Gasteiger partial charge in [-0.05, 0) is 60.7 Å². The molecular weight excluding hydrogens is 677 g/mol. The number of nitrogens with one attached hydrogen (secondary N) is 3. The maximum atomic E-state index is 13.6. The lowest BCUT2D eigenvalue weighted by Gasteiger charge is -2.14. The van der Waals surface area contributed by atoms with Gasteiger partial charge in [0.1, 0.15) is 5.70 Å². The molecule has 5 rings (SSSR count). The van der Waals surface area contributed by atoms with Gasteiger partial charge in [0.2, 0.25) is 5.91 Å². The van der Waals surface area contributed by atoms with Crippen LogP contribution in [0.15, 0.2) is 107 Å². The molecule has 0 bridgehead atoms. The molecule has 3 N–H and O–H groups in total. The standard InChI is InChI=1S/C37H34N4O7S2/c1-45-30-17-16-24(19-32(30)47-3)29-21-50-37(40-29)41-33(42)22-49-27-14-9-13-26(20-27)38-36(44)28(39-35(43)23-10-6-5-7-11-23)18-25-12-8-15-31(46-2)34(25)48-4/h5-21H,22H2,1-4H3,(H,38,44)(H,39,43)(H,40,41,42)/b28-18+. The van der Waals surface area contributed by atoms with Gasteiger partial charge in [0, 0.05) is 32.7 Å². The summed E-state index contributed by atoms with van der Waals surface area (Å²) in [6.45, 7) is 0. The highest BCUT2D eigenvalue weighted by molar-refractivity contribution is 8.00. The topological polar surface area (TPSA) is 137 Å². The Morgan fingerprint density at radius 2 is 1.54 bits per heavy atom. The van der Waals surface area contributed by atoms with Crippen LogP contribution in [-0.2, 0) is 9.59 Å². The van der Waals surface area contributed by atoms with E-state index in [0.29, 0.717) is 50.6 Å². The molecule has 5 aromatic rings. The largest absolute Gasteiger partial charge is 0.493 e.